The van der Waals surface area contributed by atoms with E-state index in [0.717, 1.165) is 34.2 Å². The molecule has 2 bridgehead atoms. The number of carbonyl (C=O) groups is 2. The van der Waals surface area contributed by atoms with E-state index in [1.165, 1.54) is 0 Å². The topological polar surface area (TPSA) is 59.0 Å². The molecule has 0 unspecified atom stereocenters. The molecule has 5 nitrogen and oxygen atoms in total. The SMILES string of the molecule is COc1ccc2ccccc2c1C=NN1C(=O)[C@@H]2[C@@H](C1=O)[C@H]1C=C[C@H]2C12CC2. The van der Waals surface area contributed by atoms with E-state index in [0.29, 0.717) is 5.75 Å². The van der Waals surface area contributed by atoms with Crippen LogP contribution >= 0.6 is 0 Å². The number of imide groups is 1. The summed E-state index contributed by atoms with van der Waals surface area (Å²) < 4.78 is 5.49. The van der Waals surface area contributed by atoms with Crippen LogP contribution in [-0.4, -0.2) is 30.1 Å². The minimum atomic E-state index is -0.225. The van der Waals surface area contributed by atoms with Gasteiger partial charge in [0.05, 0.1) is 25.2 Å². The first-order valence-corrected chi connectivity index (χ1v) is 9.81. The monoisotopic (exact) mass is 372 g/mol. The number of fused-ring (bicyclic) bond motifs is 4. The van der Waals surface area contributed by atoms with Crippen molar-refractivity contribution in [1.29, 1.82) is 0 Å². The highest BCUT2D eigenvalue weighted by atomic mass is 16.5. The third kappa shape index (κ3) is 1.84. The highest BCUT2D eigenvalue weighted by Crippen LogP contribution is 2.73. The molecule has 4 atom stereocenters. The number of ether oxygens (including phenoxy) is 1. The van der Waals surface area contributed by atoms with Crippen molar-refractivity contribution in [1.82, 2.24) is 5.01 Å². The molecule has 0 aromatic heterocycles. The number of allylic oxidation sites excluding steroid dienone is 2. The summed E-state index contributed by atoms with van der Waals surface area (Å²) in [5.41, 5.74) is 0.980. The summed E-state index contributed by atoms with van der Waals surface area (Å²) in [6.07, 6.45) is 8.22. The second-order valence-corrected chi connectivity index (χ2v) is 8.36. The lowest BCUT2D eigenvalue weighted by molar-refractivity contribution is -0.141. The molecule has 2 amide bonds. The van der Waals surface area contributed by atoms with Gasteiger partial charge in [0.1, 0.15) is 5.75 Å². The standard InChI is InChI=1S/C23H20N2O3/c1-28-18-9-6-13-4-2-3-5-14(13)15(18)12-24-25-21(26)19-16-7-8-17(20(19)22(25)27)23(16)10-11-23/h2-9,12,16-17,19-20H,10-11H2,1H3/t16-,17-,19+,20+/m1/s1. The molecule has 1 saturated heterocycles. The Morgan fingerprint density at radius 1 is 1.04 bits per heavy atom. The number of hydrazone groups is 1. The lowest BCUT2D eigenvalue weighted by atomic mass is 9.85. The van der Waals surface area contributed by atoms with Crippen LogP contribution in [0.25, 0.3) is 10.8 Å². The van der Waals surface area contributed by atoms with Gasteiger partial charge in [-0.3, -0.25) is 9.59 Å². The molecule has 1 spiro atoms. The van der Waals surface area contributed by atoms with Crippen LogP contribution in [0.1, 0.15) is 18.4 Å². The van der Waals surface area contributed by atoms with Crippen molar-refractivity contribution in [3.05, 3.63) is 54.1 Å². The van der Waals surface area contributed by atoms with E-state index in [1.807, 2.05) is 36.4 Å². The Kier molecular flexibility index (Phi) is 3.04. The first-order valence-electron chi connectivity index (χ1n) is 9.81. The molecular formula is C23H20N2O3. The summed E-state index contributed by atoms with van der Waals surface area (Å²) in [4.78, 5) is 26.1. The van der Waals surface area contributed by atoms with Crippen molar-refractivity contribution in [2.75, 3.05) is 7.11 Å². The van der Waals surface area contributed by atoms with Gasteiger partial charge in [-0.1, -0.05) is 42.5 Å². The van der Waals surface area contributed by atoms with Crippen LogP contribution < -0.4 is 4.74 Å². The van der Waals surface area contributed by atoms with Crippen molar-refractivity contribution in [3.8, 4) is 5.75 Å². The molecule has 1 heterocycles. The first kappa shape index (κ1) is 16.0. The molecule has 4 aliphatic rings. The fourth-order valence-electron chi connectivity index (χ4n) is 5.88. The number of amides is 2. The Hall–Kier alpha value is -2.95. The summed E-state index contributed by atoms with van der Waals surface area (Å²) in [6.45, 7) is 0. The molecule has 0 radical (unpaired) electrons. The van der Waals surface area contributed by atoms with Gasteiger partial charge in [-0.2, -0.15) is 10.1 Å². The largest absolute Gasteiger partial charge is 0.496 e. The second kappa shape index (κ2) is 5.31. The minimum Gasteiger partial charge on any atom is -0.496 e. The van der Waals surface area contributed by atoms with E-state index in [-0.39, 0.29) is 40.9 Å². The van der Waals surface area contributed by atoms with Crippen molar-refractivity contribution >= 4 is 28.8 Å². The molecule has 2 saturated carbocycles. The predicted molar refractivity (Wildman–Crippen MR) is 105 cm³/mol. The molecule has 3 aliphatic carbocycles. The number of carbonyl (C=O) groups excluding carboxylic acids is 2. The highest BCUT2D eigenvalue weighted by molar-refractivity contribution is 6.08. The highest BCUT2D eigenvalue weighted by Gasteiger charge is 2.73. The van der Waals surface area contributed by atoms with Gasteiger partial charge < -0.3 is 4.74 Å². The van der Waals surface area contributed by atoms with Crippen LogP contribution in [0.5, 0.6) is 5.75 Å². The zero-order valence-electron chi connectivity index (χ0n) is 15.5. The van der Waals surface area contributed by atoms with Crippen LogP contribution in [0.2, 0.25) is 0 Å². The summed E-state index contributed by atoms with van der Waals surface area (Å²) in [6, 6.07) is 11.8. The van der Waals surface area contributed by atoms with Crippen molar-refractivity contribution in [2.45, 2.75) is 12.8 Å². The van der Waals surface area contributed by atoms with Crippen molar-refractivity contribution in [2.24, 2.45) is 34.2 Å². The summed E-state index contributed by atoms with van der Waals surface area (Å²) >= 11 is 0. The second-order valence-electron chi connectivity index (χ2n) is 8.36. The average molecular weight is 372 g/mol. The maximum absolute atomic E-state index is 13.1. The van der Waals surface area contributed by atoms with E-state index < -0.39 is 0 Å². The molecule has 28 heavy (non-hydrogen) atoms. The predicted octanol–water partition coefficient (Wildman–Crippen LogP) is 3.38. The molecule has 1 aliphatic heterocycles. The van der Waals surface area contributed by atoms with Crippen LogP contribution in [0.15, 0.2) is 53.7 Å². The minimum absolute atomic E-state index is 0.145. The number of hydrogen-bond acceptors (Lipinski definition) is 4. The van der Waals surface area contributed by atoms with Crippen molar-refractivity contribution < 1.29 is 14.3 Å². The third-order valence-corrected chi connectivity index (χ3v) is 7.28. The molecular weight excluding hydrogens is 352 g/mol. The van der Waals surface area contributed by atoms with Gasteiger partial charge in [0.25, 0.3) is 11.8 Å². The molecule has 6 rings (SSSR count). The molecule has 140 valence electrons. The van der Waals surface area contributed by atoms with Gasteiger partial charge in [0, 0.05) is 5.56 Å². The number of benzene rings is 2. The molecule has 3 fully saturated rings. The Labute approximate surface area is 162 Å². The van der Waals surface area contributed by atoms with Gasteiger partial charge in [-0.15, -0.1) is 0 Å². The lowest BCUT2D eigenvalue weighted by Crippen LogP contribution is -2.30. The zero-order chi connectivity index (χ0) is 19.0. The van der Waals surface area contributed by atoms with E-state index in [1.54, 1.807) is 13.3 Å². The molecule has 5 heteroatoms. The van der Waals surface area contributed by atoms with Crippen LogP contribution in [0.3, 0.4) is 0 Å². The maximum atomic E-state index is 13.1. The Morgan fingerprint density at radius 2 is 1.71 bits per heavy atom. The molecule has 2 aromatic carbocycles. The quantitative estimate of drug-likeness (QED) is 0.471. The normalized spacial score (nSPS) is 31.5. The van der Waals surface area contributed by atoms with Gasteiger partial charge in [-0.05, 0) is 46.9 Å². The lowest BCUT2D eigenvalue weighted by Gasteiger charge is -2.18. The fraction of sp³-hybridized carbons (Fsp3) is 0.348. The molecule has 2 aromatic rings. The van der Waals surface area contributed by atoms with Crippen LogP contribution in [0, 0.1) is 29.1 Å². The van der Waals surface area contributed by atoms with Crippen LogP contribution in [0.4, 0.5) is 0 Å². The van der Waals surface area contributed by atoms with Gasteiger partial charge in [-0.25, -0.2) is 0 Å². The van der Waals surface area contributed by atoms with E-state index in [9.17, 15) is 9.59 Å². The number of nitrogens with zero attached hydrogens (tertiary/aromatic N) is 2. The molecule has 0 N–H and O–H groups in total. The van der Waals surface area contributed by atoms with Gasteiger partial charge in [0.2, 0.25) is 0 Å². The number of methoxy groups -OCH3 is 1. The summed E-state index contributed by atoms with van der Waals surface area (Å²) in [5.74, 6) is 0.355. The maximum Gasteiger partial charge on any atom is 0.254 e. The number of hydrogen-bond donors (Lipinski definition) is 0. The zero-order valence-corrected chi connectivity index (χ0v) is 15.5. The average Bonchev–Trinajstić information content (AvgIpc) is 3.32. The first-order chi connectivity index (χ1) is 13.7. The fourth-order valence-corrected chi connectivity index (χ4v) is 5.88. The van der Waals surface area contributed by atoms with Crippen LogP contribution in [-0.2, 0) is 9.59 Å². The van der Waals surface area contributed by atoms with E-state index in [4.69, 9.17) is 4.74 Å². The Bertz CT molecular complexity index is 1060. The number of rotatable bonds is 3. The van der Waals surface area contributed by atoms with Gasteiger partial charge in [0.15, 0.2) is 0 Å². The Morgan fingerprint density at radius 3 is 2.36 bits per heavy atom. The summed E-state index contributed by atoms with van der Waals surface area (Å²) in [7, 11) is 1.61. The third-order valence-electron chi connectivity index (χ3n) is 7.28. The van der Waals surface area contributed by atoms with Gasteiger partial charge >= 0.3 is 0 Å². The smallest absolute Gasteiger partial charge is 0.254 e. The van der Waals surface area contributed by atoms with Crippen molar-refractivity contribution in [3.63, 3.8) is 0 Å². The van der Waals surface area contributed by atoms with E-state index in [2.05, 4.69) is 17.3 Å². The van der Waals surface area contributed by atoms with E-state index >= 15 is 0 Å². The summed E-state index contributed by atoms with van der Waals surface area (Å²) in [5, 5.41) is 7.50. The Balaban J connectivity index is 1.37.